The van der Waals surface area contributed by atoms with Gasteiger partial charge in [-0.25, -0.2) is 0 Å². The number of furan rings is 1. The van der Waals surface area contributed by atoms with E-state index in [4.69, 9.17) is 16.0 Å². The topological polar surface area (TPSA) is 13.1 Å². The third-order valence-corrected chi connectivity index (χ3v) is 5.34. The van der Waals surface area contributed by atoms with Crippen LogP contribution in [0.1, 0.15) is 0 Å². The van der Waals surface area contributed by atoms with Gasteiger partial charge in [0.15, 0.2) is 0 Å². The summed E-state index contributed by atoms with van der Waals surface area (Å²) < 4.78 is 7.98. The van der Waals surface area contributed by atoms with Gasteiger partial charge in [-0.1, -0.05) is 0 Å². The van der Waals surface area contributed by atoms with Gasteiger partial charge in [-0.05, 0) is 0 Å². The Morgan fingerprint density at radius 2 is 1.59 bits per heavy atom. The number of para-hydroxylation sites is 1. The Bertz CT molecular complexity index is 646. The molecule has 0 amide bonds. The maximum absolute atomic E-state index is 6.17. The number of rotatable bonds is 2. The first-order chi connectivity index (χ1) is 8.34. The van der Waals surface area contributed by atoms with E-state index in [1.165, 1.54) is 4.46 Å². The Kier molecular flexibility index (Phi) is 2.94. The van der Waals surface area contributed by atoms with E-state index in [1.54, 1.807) is 0 Å². The molecule has 0 saturated heterocycles. The second kappa shape index (κ2) is 4.58. The minimum absolute atomic E-state index is 0.185. The van der Waals surface area contributed by atoms with E-state index in [1.807, 2.05) is 36.4 Å². The van der Waals surface area contributed by atoms with E-state index in [9.17, 15) is 0 Å². The Hall–Kier alpha value is -1.21. The first-order valence-corrected chi connectivity index (χ1v) is 7.33. The standard InChI is InChI=1S/C14H9ClOSe/c15-14-13(17-10-6-2-1-3-7-10)11-8-4-5-9-12(11)16-14/h1-9H. The van der Waals surface area contributed by atoms with Crippen molar-refractivity contribution in [2.75, 3.05) is 0 Å². The molecule has 1 aromatic heterocycles. The molecule has 0 bridgehead atoms. The molecule has 0 spiro atoms. The zero-order valence-electron chi connectivity index (χ0n) is 8.89. The van der Waals surface area contributed by atoms with Gasteiger partial charge in [0.1, 0.15) is 0 Å². The minimum atomic E-state index is 0.185. The third kappa shape index (κ3) is 2.12. The molecule has 0 aliphatic carbocycles. The summed E-state index contributed by atoms with van der Waals surface area (Å²) in [5, 5.41) is 1.65. The Labute approximate surface area is 111 Å². The molecule has 0 saturated carbocycles. The van der Waals surface area contributed by atoms with Crippen LogP contribution in [0.2, 0.25) is 5.22 Å². The molecule has 1 heterocycles. The number of hydrogen-bond acceptors (Lipinski definition) is 1. The van der Waals surface area contributed by atoms with Crippen molar-refractivity contribution in [1.82, 2.24) is 0 Å². The molecular formula is C14H9ClOSe. The van der Waals surface area contributed by atoms with Gasteiger partial charge < -0.3 is 0 Å². The van der Waals surface area contributed by atoms with Crippen LogP contribution in [0.4, 0.5) is 0 Å². The number of benzene rings is 2. The van der Waals surface area contributed by atoms with Gasteiger partial charge in [-0.3, -0.25) is 0 Å². The van der Waals surface area contributed by atoms with Gasteiger partial charge in [-0.15, -0.1) is 0 Å². The first-order valence-electron chi connectivity index (χ1n) is 5.24. The van der Waals surface area contributed by atoms with Crippen molar-refractivity contribution >= 4 is 46.5 Å². The second-order valence-corrected chi connectivity index (χ2v) is 6.23. The summed E-state index contributed by atoms with van der Waals surface area (Å²) >= 11 is 6.35. The average Bonchev–Trinajstić information content (AvgIpc) is 2.68. The molecule has 0 aliphatic heterocycles. The van der Waals surface area contributed by atoms with Crippen molar-refractivity contribution < 1.29 is 4.42 Å². The number of fused-ring (bicyclic) bond motifs is 1. The predicted octanol–water partition coefficient (Wildman–Crippen LogP) is 2.74. The van der Waals surface area contributed by atoms with Crippen molar-refractivity contribution in [1.29, 1.82) is 0 Å². The quantitative estimate of drug-likeness (QED) is 0.664. The van der Waals surface area contributed by atoms with Crippen LogP contribution in [0.5, 0.6) is 0 Å². The van der Waals surface area contributed by atoms with E-state index in [-0.39, 0.29) is 15.0 Å². The molecule has 2 aromatic carbocycles. The van der Waals surface area contributed by atoms with Gasteiger partial charge in [0.25, 0.3) is 0 Å². The van der Waals surface area contributed by atoms with Gasteiger partial charge in [-0.2, -0.15) is 0 Å². The van der Waals surface area contributed by atoms with Crippen LogP contribution in [-0.4, -0.2) is 15.0 Å². The molecule has 0 radical (unpaired) electrons. The van der Waals surface area contributed by atoms with E-state index >= 15 is 0 Å². The van der Waals surface area contributed by atoms with Crippen molar-refractivity contribution in [2.45, 2.75) is 0 Å². The summed E-state index contributed by atoms with van der Waals surface area (Å²) in [4.78, 5) is 0. The van der Waals surface area contributed by atoms with Crippen LogP contribution < -0.4 is 8.92 Å². The molecule has 3 aromatic rings. The predicted molar refractivity (Wildman–Crippen MR) is 72.7 cm³/mol. The molecule has 0 aliphatic rings. The van der Waals surface area contributed by atoms with Gasteiger partial charge in [0.2, 0.25) is 0 Å². The Morgan fingerprint density at radius 1 is 0.882 bits per heavy atom. The van der Waals surface area contributed by atoms with Crippen LogP contribution in [0.25, 0.3) is 11.0 Å². The van der Waals surface area contributed by atoms with Crippen molar-refractivity contribution in [3.05, 3.63) is 59.8 Å². The summed E-state index contributed by atoms with van der Waals surface area (Å²) in [6, 6.07) is 18.3. The van der Waals surface area contributed by atoms with E-state index in [0.29, 0.717) is 5.22 Å². The molecule has 1 nitrogen and oxygen atoms in total. The van der Waals surface area contributed by atoms with Crippen LogP contribution in [0, 0.1) is 0 Å². The van der Waals surface area contributed by atoms with Crippen molar-refractivity contribution in [3.63, 3.8) is 0 Å². The molecule has 0 N–H and O–H groups in total. The number of hydrogen-bond donors (Lipinski definition) is 0. The van der Waals surface area contributed by atoms with Gasteiger partial charge in [0.05, 0.1) is 0 Å². The molecule has 3 heteroatoms. The second-order valence-electron chi connectivity index (χ2n) is 3.62. The summed E-state index contributed by atoms with van der Waals surface area (Å²) in [6.07, 6.45) is 0. The molecule has 3 rings (SSSR count). The normalized spacial score (nSPS) is 10.9. The summed E-state index contributed by atoms with van der Waals surface area (Å²) in [6.45, 7) is 0. The fourth-order valence-electron chi connectivity index (χ4n) is 1.69. The summed E-state index contributed by atoms with van der Waals surface area (Å²) in [5.41, 5.74) is 0.866. The Balaban J connectivity index is 2.08. The van der Waals surface area contributed by atoms with Crippen molar-refractivity contribution in [3.8, 4) is 0 Å². The molecule has 84 valence electrons. The van der Waals surface area contributed by atoms with Crippen molar-refractivity contribution in [2.24, 2.45) is 0 Å². The van der Waals surface area contributed by atoms with Crippen LogP contribution in [0.15, 0.2) is 59.0 Å². The van der Waals surface area contributed by atoms with E-state index in [2.05, 4.69) is 18.2 Å². The molecule has 0 unspecified atom stereocenters. The monoisotopic (exact) mass is 308 g/mol. The maximum atomic E-state index is 6.17. The third-order valence-electron chi connectivity index (χ3n) is 2.47. The zero-order valence-corrected chi connectivity index (χ0v) is 11.4. The molecule has 0 atom stereocenters. The molecular weight excluding hydrogens is 299 g/mol. The fourth-order valence-corrected chi connectivity index (χ4v) is 4.03. The van der Waals surface area contributed by atoms with E-state index < -0.39 is 0 Å². The first kappa shape index (κ1) is 10.9. The molecule has 0 fully saturated rings. The van der Waals surface area contributed by atoms with Gasteiger partial charge >= 0.3 is 111 Å². The van der Waals surface area contributed by atoms with Crippen LogP contribution in [-0.2, 0) is 0 Å². The summed E-state index contributed by atoms with van der Waals surface area (Å²) in [5.74, 6) is 0. The zero-order chi connectivity index (χ0) is 11.7. The number of halogens is 1. The van der Waals surface area contributed by atoms with Gasteiger partial charge in [0, 0.05) is 0 Å². The summed E-state index contributed by atoms with van der Waals surface area (Å²) in [7, 11) is 0. The average molecular weight is 308 g/mol. The van der Waals surface area contributed by atoms with Crippen LogP contribution >= 0.6 is 11.6 Å². The Morgan fingerprint density at radius 3 is 2.41 bits per heavy atom. The van der Waals surface area contributed by atoms with Crippen LogP contribution in [0.3, 0.4) is 0 Å². The van der Waals surface area contributed by atoms with E-state index in [0.717, 1.165) is 15.4 Å². The molecule has 17 heavy (non-hydrogen) atoms. The fraction of sp³-hybridized carbons (Fsp3) is 0. The SMILES string of the molecule is Clc1oc2ccccc2c1[Se]c1ccccc1.